The van der Waals surface area contributed by atoms with Gasteiger partial charge in [-0.05, 0) is 61.1 Å². The lowest BCUT2D eigenvalue weighted by Crippen LogP contribution is -2.33. The Labute approximate surface area is 153 Å². The van der Waals surface area contributed by atoms with Crippen LogP contribution >= 0.6 is 0 Å². The molecule has 0 bridgehead atoms. The van der Waals surface area contributed by atoms with Gasteiger partial charge in [-0.1, -0.05) is 13.8 Å². The predicted molar refractivity (Wildman–Crippen MR) is 101 cm³/mol. The van der Waals surface area contributed by atoms with Crippen molar-refractivity contribution in [2.45, 2.75) is 58.5 Å². The molecule has 1 amide bonds. The maximum absolute atomic E-state index is 13.0. The minimum absolute atomic E-state index is 0.137. The molecule has 1 saturated carbocycles. The number of amides is 1. The average molecular weight is 351 g/mol. The second-order valence-electron chi connectivity index (χ2n) is 7.63. The maximum Gasteiger partial charge on any atom is 0.227 e. The van der Waals surface area contributed by atoms with E-state index in [1.807, 2.05) is 17.0 Å². The number of nitrogens with zero attached hydrogens (tertiary/aromatic N) is 1. The average Bonchev–Trinajstić information content (AvgIpc) is 3.17. The van der Waals surface area contributed by atoms with E-state index in [0.29, 0.717) is 24.9 Å². The number of fused-ring (bicyclic) bond motifs is 1. The Balaban J connectivity index is 1.59. The molecule has 1 aromatic carbocycles. The fourth-order valence-electron chi connectivity index (χ4n) is 3.65. The van der Waals surface area contributed by atoms with Gasteiger partial charge >= 0.3 is 0 Å². The molecule has 2 heterocycles. The van der Waals surface area contributed by atoms with Crippen molar-refractivity contribution in [3.63, 3.8) is 0 Å². The van der Waals surface area contributed by atoms with E-state index in [-0.39, 0.29) is 5.91 Å². The summed E-state index contributed by atoms with van der Waals surface area (Å²) in [5.41, 5.74) is 4.37. The molecule has 1 aliphatic carbocycles. The number of carbonyl (C=O) groups is 1. The molecule has 0 N–H and O–H groups in total. The van der Waals surface area contributed by atoms with Crippen molar-refractivity contribution < 1.29 is 13.6 Å². The van der Waals surface area contributed by atoms with Crippen LogP contribution in [0.4, 0.5) is 0 Å². The molecule has 0 saturated heterocycles. The van der Waals surface area contributed by atoms with Gasteiger partial charge in [0.2, 0.25) is 5.91 Å². The van der Waals surface area contributed by atoms with Crippen LogP contribution in [0.1, 0.15) is 55.1 Å². The van der Waals surface area contributed by atoms with Gasteiger partial charge in [-0.25, -0.2) is 0 Å². The largest absolute Gasteiger partial charge is 0.467 e. The van der Waals surface area contributed by atoms with Gasteiger partial charge in [0, 0.05) is 17.0 Å². The predicted octanol–water partition coefficient (Wildman–Crippen LogP) is 5.19. The monoisotopic (exact) mass is 351 g/mol. The van der Waals surface area contributed by atoms with Crippen molar-refractivity contribution in [1.82, 2.24) is 4.90 Å². The molecule has 26 heavy (non-hydrogen) atoms. The highest BCUT2D eigenvalue weighted by molar-refractivity contribution is 5.88. The molecule has 1 fully saturated rings. The molecule has 0 aliphatic heterocycles. The van der Waals surface area contributed by atoms with Gasteiger partial charge in [0.1, 0.15) is 11.3 Å². The van der Waals surface area contributed by atoms with Crippen LogP contribution in [0.3, 0.4) is 0 Å². The van der Waals surface area contributed by atoms with Crippen LogP contribution in [0.15, 0.2) is 45.6 Å². The van der Waals surface area contributed by atoms with E-state index in [4.69, 9.17) is 8.83 Å². The fourth-order valence-corrected chi connectivity index (χ4v) is 3.65. The van der Waals surface area contributed by atoms with Crippen molar-refractivity contribution in [2.24, 2.45) is 0 Å². The van der Waals surface area contributed by atoms with Crippen LogP contribution in [0.2, 0.25) is 0 Å². The van der Waals surface area contributed by atoms with Crippen molar-refractivity contribution in [3.8, 4) is 0 Å². The molecular formula is C22H25NO3. The maximum atomic E-state index is 13.0. The topological polar surface area (TPSA) is 46.6 Å². The van der Waals surface area contributed by atoms with E-state index < -0.39 is 0 Å². The molecule has 2 aromatic heterocycles. The second kappa shape index (κ2) is 6.67. The van der Waals surface area contributed by atoms with Crippen LogP contribution in [0.5, 0.6) is 0 Å². The van der Waals surface area contributed by atoms with Crippen LogP contribution < -0.4 is 0 Å². The first kappa shape index (κ1) is 17.0. The van der Waals surface area contributed by atoms with Gasteiger partial charge in [0.05, 0.1) is 25.5 Å². The summed E-state index contributed by atoms with van der Waals surface area (Å²) < 4.78 is 11.2. The molecule has 0 atom stereocenters. The smallest absolute Gasteiger partial charge is 0.227 e. The number of hydrogen-bond acceptors (Lipinski definition) is 3. The molecule has 4 heteroatoms. The Kier molecular flexibility index (Phi) is 4.35. The second-order valence-corrected chi connectivity index (χ2v) is 7.63. The van der Waals surface area contributed by atoms with Gasteiger partial charge in [0.25, 0.3) is 0 Å². The molecule has 4 nitrogen and oxygen atoms in total. The minimum atomic E-state index is 0.137. The normalized spacial score (nSPS) is 14.3. The Hall–Kier alpha value is -2.49. The SMILES string of the molecule is Cc1cc2occ(CC(=O)N(Cc3ccco3)C3CC3)c2cc1C(C)C. The van der Waals surface area contributed by atoms with Crippen molar-refractivity contribution >= 4 is 16.9 Å². The van der Waals surface area contributed by atoms with Crippen LogP contribution in [0.25, 0.3) is 11.0 Å². The van der Waals surface area contributed by atoms with E-state index in [1.165, 1.54) is 11.1 Å². The summed E-state index contributed by atoms with van der Waals surface area (Å²) in [5.74, 6) is 1.41. The lowest BCUT2D eigenvalue weighted by molar-refractivity contribution is -0.131. The third-order valence-corrected chi connectivity index (χ3v) is 5.22. The lowest BCUT2D eigenvalue weighted by atomic mass is 9.95. The van der Waals surface area contributed by atoms with Gasteiger partial charge in [-0.2, -0.15) is 0 Å². The number of hydrogen-bond donors (Lipinski definition) is 0. The van der Waals surface area contributed by atoms with Gasteiger partial charge in [-0.15, -0.1) is 0 Å². The molecule has 0 spiro atoms. The number of carbonyl (C=O) groups excluding carboxylic acids is 1. The summed E-state index contributed by atoms with van der Waals surface area (Å²) in [6.45, 7) is 7.04. The zero-order valence-corrected chi connectivity index (χ0v) is 15.6. The number of aryl methyl sites for hydroxylation is 1. The molecule has 136 valence electrons. The van der Waals surface area contributed by atoms with E-state index >= 15 is 0 Å². The molecule has 4 rings (SSSR count). The Bertz CT molecular complexity index is 916. The summed E-state index contributed by atoms with van der Waals surface area (Å²) in [5, 5.41) is 1.06. The first-order valence-corrected chi connectivity index (χ1v) is 9.35. The van der Waals surface area contributed by atoms with E-state index in [1.54, 1.807) is 12.5 Å². The van der Waals surface area contributed by atoms with Crippen LogP contribution in [0, 0.1) is 6.92 Å². The molecule has 0 radical (unpaired) electrons. The van der Waals surface area contributed by atoms with Gasteiger partial charge < -0.3 is 13.7 Å². The first-order chi connectivity index (χ1) is 12.5. The highest BCUT2D eigenvalue weighted by Gasteiger charge is 2.33. The number of benzene rings is 1. The van der Waals surface area contributed by atoms with Crippen molar-refractivity contribution in [3.05, 3.63) is 59.2 Å². The van der Waals surface area contributed by atoms with Crippen molar-refractivity contribution in [2.75, 3.05) is 0 Å². The summed E-state index contributed by atoms with van der Waals surface area (Å²) >= 11 is 0. The van der Waals surface area contributed by atoms with Gasteiger partial charge in [0.15, 0.2) is 0 Å². The third-order valence-electron chi connectivity index (χ3n) is 5.22. The Morgan fingerprint density at radius 1 is 1.27 bits per heavy atom. The minimum Gasteiger partial charge on any atom is -0.467 e. The fraction of sp³-hybridized carbons (Fsp3) is 0.409. The molecule has 0 unspecified atom stereocenters. The van der Waals surface area contributed by atoms with Gasteiger partial charge in [-0.3, -0.25) is 4.79 Å². The number of furan rings is 2. The first-order valence-electron chi connectivity index (χ1n) is 9.35. The Morgan fingerprint density at radius 2 is 2.08 bits per heavy atom. The molecule has 3 aromatic rings. The lowest BCUT2D eigenvalue weighted by Gasteiger charge is -2.21. The summed E-state index contributed by atoms with van der Waals surface area (Å²) in [6.07, 6.45) is 5.92. The van der Waals surface area contributed by atoms with E-state index in [2.05, 4.69) is 32.9 Å². The molecule has 1 aliphatic rings. The third kappa shape index (κ3) is 3.28. The standard InChI is InChI=1S/C22H25NO3/c1-14(2)19-11-20-16(13-26-21(20)9-15(19)3)10-22(24)23(17-6-7-17)12-18-5-4-8-25-18/h4-5,8-9,11,13-14,17H,6-7,10,12H2,1-3H3. The summed E-state index contributed by atoms with van der Waals surface area (Å²) in [4.78, 5) is 14.9. The number of rotatable bonds is 6. The van der Waals surface area contributed by atoms with E-state index in [9.17, 15) is 4.79 Å². The Morgan fingerprint density at radius 3 is 2.73 bits per heavy atom. The highest BCUT2D eigenvalue weighted by Crippen LogP contribution is 2.32. The molecular weight excluding hydrogens is 326 g/mol. The summed E-state index contributed by atoms with van der Waals surface area (Å²) in [7, 11) is 0. The van der Waals surface area contributed by atoms with Crippen LogP contribution in [-0.4, -0.2) is 16.8 Å². The van der Waals surface area contributed by atoms with Crippen LogP contribution in [-0.2, 0) is 17.8 Å². The summed E-state index contributed by atoms with van der Waals surface area (Å²) in [6, 6.07) is 8.41. The zero-order valence-electron chi connectivity index (χ0n) is 15.6. The highest BCUT2D eigenvalue weighted by atomic mass is 16.3. The van der Waals surface area contributed by atoms with E-state index in [0.717, 1.165) is 35.1 Å². The quantitative estimate of drug-likeness (QED) is 0.614. The van der Waals surface area contributed by atoms with Crippen molar-refractivity contribution in [1.29, 1.82) is 0 Å². The zero-order chi connectivity index (χ0) is 18.3.